The van der Waals surface area contributed by atoms with E-state index in [1.165, 1.54) is 79.9 Å². The Kier molecular flexibility index (Phi) is 13.8. The smallest absolute Gasteiger partial charge is 0.339 e. The number of carboxylic acids is 1. The van der Waals surface area contributed by atoms with Gasteiger partial charge in [-0.25, -0.2) is 4.79 Å². The first-order valence-corrected chi connectivity index (χ1v) is 17.7. The van der Waals surface area contributed by atoms with E-state index >= 15 is 0 Å². The minimum atomic E-state index is -1.42. The molecule has 5 aromatic carbocycles. The highest BCUT2D eigenvalue weighted by Crippen LogP contribution is 2.40. The summed E-state index contributed by atoms with van der Waals surface area (Å²) < 4.78 is 10.3. The zero-order chi connectivity index (χ0) is 43.3. The summed E-state index contributed by atoms with van der Waals surface area (Å²) in [6.45, 7) is 0. The number of phenolic OH excluding ortho intramolecular Hbond substituents is 1. The number of rotatable bonds is 15. The van der Waals surface area contributed by atoms with Gasteiger partial charge in [0.2, 0.25) is 11.8 Å². The standard InChI is InChI=1S/C43H36N6O11/c1-59-37-31(19-17-29(35(37)51)41(55)48-32-20-18-30(43(57)58)36(52)38(32)60-2)47-39(53)25-11-15-28(16-12-25)46-42(56)33(22-23-44)49-40(54)26-9-13-27(14-10-26)45-34(50)21-8-24-6-4-3-5-7-24/h3-21,33,51-52H,22H2,1-2H3,(H,45,50)(H,46,56)(H,47,53)(H,48,55)(H,49,54)(H,57,58)/b21-8+. The summed E-state index contributed by atoms with van der Waals surface area (Å²) in [6.07, 6.45) is 2.68. The second-order valence-electron chi connectivity index (χ2n) is 12.6. The van der Waals surface area contributed by atoms with E-state index < -0.39 is 52.7 Å². The molecule has 0 saturated heterocycles. The normalized spacial score (nSPS) is 11.0. The Morgan fingerprint density at radius 2 is 1.17 bits per heavy atom. The van der Waals surface area contributed by atoms with Crippen LogP contribution in [0.25, 0.3) is 6.08 Å². The van der Waals surface area contributed by atoms with Crippen molar-refractivity contribution in [2.24, 2.45) is 0 Å². The zero-order valence-corrected chi connectivity index (χ0v) is 31.8. The lowest BCUT2D eigenvalue weighted by Gasteiger charge is -2.17. The Balaban J connectivity index is 1.18. The zero-order valence-electron chi connectivity index (χ0n) is 31.8. The number of phenols is 2. The molecule has 17 nitrogen and oxygen atoms in total. The van der Waals surface area contributed by atoms with E-state index in [9.17, 15) is 49.3 Å². The predicted octanol–water partition coefficient (Wildman–Crippen LogP) is 5.62. The number of benzene rings is 5. The highest BCUT2D eigenvalue weighted by Gasteiger charge is 2.25. The molecule has 1 atom stereocenters. The maximum atomic E-state index is 13.2. The number of carbonyl (C=O) groups excluding carboxylic acids is 5. The fraction of sp³-hybridized carbons (Fsp3) is 0.0930. The lowest BCUT2D eigenvalue weighted by Crippen LogP contribution is -2.43. The van der Waals surface area contributed by atoms with Crippen LogP contribution in [0.4, 0.5) is 22.7 Å². The first-order valence-electron chi connectivity index (χ1n) is 17.7. The van der Waals surface area contributed by atoms with Crippen LogP contribution in [0.1, 0.15) is 53.4 Å². The number of carboxylic acid groups (broad SMARTS) is 1. The van der Waals surface area contributed by atoms with Gasteiger partial charge in [0, 0.05) is 28.6 Å². The molecular weight excluding hydrogens is 777 g/mol. The van der Waals surface area contributed by atoms with E-state index in [1.807, 2.05) is 36.4 Å². The molecule has 0 saturated carbocycles. The summed E-state index contributed by atoms with van der Waals surface area (Å²) in [6, 6.07) is 26.2. The van der Waals surface area contributed by atoms with Crippen molar-refractivity contribution in [3.63, 3.8) is 0 Å². The average molecular weight is 813 g/mol. The molecule has 0 aromatic heterocycles. The van der Waals surface area contributed by atoms with Crippen LogP contribution in [-0.2, 0) is 9.59 Å². The van der Waals surface area contributed by atoms with Gasteiger partial charge in [-0.15, -0.1) is 0 Å². The molecule has 0 fully saturated rings. The summed E-state index contributed by atoms with van der Waals surface area (Å²) in [7, 11) is 2.36. The molecule has 8 N–H and O–H groups in total. The van der Waals surface area contributed by atoms with Crippen molar-refractivity contribution >= 4 is 64.3 Å². The molecule has 1 unspecified atom stereocenters. The fourth-order valence-corrected chi connectivity index (χ4v) is 5.59. The minimum Gasteiger partial charge on any atom is -0.504 e. The molecule has 0 radical (unpaired) electrons. The van der Waals surface area contributed by atoms with Crippen molar-refractivity contribution in [3.8, 4) is 29.1 Å². The van der Waals surface area contributed by atoms with E-state index in [1.54, 1.807) is 6.08 Å². The molecule has 0 aliphatic carbocycles. The van der Waals surface area contributed by atoms with E-state index in [4.69, 9.17) is 9.47 Å². The third-order valence-electron chi connectivity index (χ3n) is 8.62. The molecule has 5 amide bonds. The van der Waals surface area contributed by atoms with Crippen LogP contribution in [-0.4, -0.2) is 71.1 Å². The number of anilines is 4. The van der Waals surface area contributed by atoms with Crippen molar-refractivity contribution < 1.29 is 53.6 Å². The third kappa shape index (κ3) is 10.4. The predicted molar refractivity (Wildman–Crippen MR) is 219 cm³/mol. The van der Waals surface area contributed by atoms with Gasteiger partial charge in [-0.2, -0.15) is 5.26 Å². The van der Waals surface area contributed by atoms with Crippen LogP contribution in [0.2, 0.25) is 0 Å². The van der Waals surface area contributed by atoms with Crippen LogP contribution in [0.5, 0.6) is 23.0 Å². The number of hydrogen-bond donors (Lipinski definition) is 8. The number of hydrogen-bond acceptors (Lipinski definition) is 11. The topological polar surface area (TPSA) is 266 Å². The van der Waals surface area contributed by atoms with Crippen molar-refractivity contribution in [3.05, 3.63) is 137 Å². The van der Waals surface area contributed by atoms with Gasteiger partial charge in [0.1, 0.15) is 11.6 Å². The number of carbonyl (C=O) groups is 6. The summed E-state index contributed by atoms with van der Waals surface area (Å²) in [5.74, 6) is -6.64. The number of nitrogens with one attached hydrogen (secondary N) is 5. The van der Waals surface area contributed by atoms with Crippen molar-refractivity contribution in [2.45, 2.75) is 12.5 Å². The number of aromatic carboxylic acids is 1. The summed E-state index contributed by atoms with van der Waals surface area (Å²) in [5, 5.41) is 52.6. The Hall–Kier alpha value is -8.65. The monoisotopic (exact) mass is 812 g/mol. The molecule has 0 aliphatic heterocycles. The van der Waals surface area contributed by atoms with E-state index in [2.05, 4.69) is 26.6 Å². The van der Waals surface area contributed by atoms with Crippen molar-refractivity contribution in [1.29, 1.82) is 5.26 Å². The van der Waals surface area contributed by atoms with Gasteiger partial charge in [0.05, 0.1) is 43.6 Å². The summed E-state index contributed by atoms with van der Waals surface area (Å²) in [5.41, 5.74) is 0.943. The first kappa shape index (κ1) is 42.5. The Bertz CT molecular complexity index is 2520. The molecule has 0 heterocycles. The van der Waals surface area contributed by atoms with Gasteiger partial charge in [-0.1, -0.05) is 30.3 Å². The van der Waals surface area contributed by atoms with E-state index in [0.29, 0.717) is 5.69 Å². The lowest BCUT2D eigenvalue weighted by molar-refractivity contribution is -0.118. The lowest BCUT2D eigenvalue weighted by atomic mass is 10.1. The van der Waals surface area contributed by atoms with Crippen molar-refractivity contribution in [2.75, 3.05) is 35.5 Å². The van der Waals surface area contributed by atoms with E-state index in [-0.39, 0.29) is 57.6 Å². The van der Waals surface area contributed by atoms with Gasteiger partial charge >= 0.3 is 5.97 Å². The number of amides is 5. The largest absolute Gasteiger partial charge is 0.504 e. The number of nitriles is 1. The third-order valence-corrected chi connectivity index (χ3v) is 8.62. The Morgan fingerprint density at radius 1 is 0.650 bits per heavy atom. The molecule has 0 spiro atoms. The summed E-state index contributed by atoms with van der Waals surface area (Å²) in [4.78, 5) is 76.0. The number of nitrogens with zero attached hydrogens (tertiary/aromatic N) is 1. The maximum Gasteiger partial charge on any atom is 0.339 e. The SMILES string of the molecule is COc1c(NC(=O)c2ccc(NC(=O)c3ccc(NC(=O)C(CC#N)NC(=O)c4ccc(NC(=O)/C=C/c5ccccc5)cc4)cc3)c(OC)c2O)ccc(C(=O)O)c1O. The molecule has 5 aromatic rings. The van der Waals surface area contributed by atoms with Crippen LogP contribution >= 0.6 is 0 Å². The molecular formula is C43H36N6O11. The Morgan fingerprint density at radius 3 is 1.72 bits per heavy atom. The minimum absolute atomic E-state index is 0.0135. The first-order chi connectivity index (χ1) is 28.8. The average Bonchev–Trinajstić information content (AvgIpc) is 3.23. The summed E-state index contributed by atoms with van der Waals surface area (Å²) >= 11 is 0. The quantitative estimate of drug-likeness (QED) is 0.0599. The van der Waals surface area contributed by atoms with Crippen LogP contribution in [0, 0.1) is 11.3 Å². The molecule has 304 valence electrons. The second kappa shape index (κ2) is 19.5. The number of aromatic hydroxyl groups is 2. The Labute approximate surface area is 341 Å². The van der Waals surface area contributed by atoms with Gasteiger partial charge in [-0.05, 0) is 84.4 Å². The fourth-order valence-electron chi connectivity index (χ4n) is 5.59. The maximum absolute atomic E-state index is 13.2. The number of ether oxygens (including phenoxy) is 2. The van der Waals surface area contributed by atoms with Crippen LogP contribution < -0.4 is 36.1 Å². The second-order valence-corrected chi connectivity index (χ2v) is 12.6. The molecule has 0 bridgehead atoms. The number of methoxy groups -OCH3 is 2. The van der Waals surface area contributed by atoms with E-state index in [0.717, 1.165) is 18.7 Å². The molecule has 17 heteroatoms. The van der Waals surface area contributed by atoms with Crippen LogP contribution in [0.3, 0.4) is 0 Å². The molecule has 0 aliphatic rings. The highest BCUT2D eigenvalue weighted by molar-refractivity contribution is 6.10. The van der Waals surface area contributed by atoms with Gasteiger partial charge < -0.3 is 51.4 Å². The van der Waals surface area contributed by atoms with Crippen molar-refractivity contribution in [1.82, 2.24) is 5.32 Å². The van der Waals surface area contributed by atoms with Gasteiger partial charge in [0.15, 0.2) is 23.0 Å². The molecule has 5 rings (SSSR count). The van der Waals surface area contributed by atoms with Gasteiger partial charge in [0.25, 0.3) is 17.7 Å². The van der Waals surface area contributed by atoms with Gasteiger partial charge in [-0.3, -0.25) is 24.0 Å². The highest BCUT2D eigenvalue weighted by atomic mass is 16.5. The molecule has 60 heavy (non-hydrogen) atoms. The van der Waals surface area contributed by atoms with Crippen LogP contribution in [0.15, 0.2) is 109 Å².